The van der Waals surface area contributed by atoms with Crippen LogP contribution in [0, 0.1) is 6.92 Å². The summed E-state index contributed by atoms with van der Waals surface area (Å²) in [6.45, 7) is 2.71. The number of aromatic nitrogens is 2. The Morgan fingerprint density at radius 2 is 1.70 bits per heavy atom. The summed E-state index contributed by atoms with van der Waals surface area (Å²) in [5.74, 6) is -15.0. The van der Waals surface area contributed by atoms with Crippen molar-refractivity contribution < 1.29 is 35.5 Å². The van der Waals surface area contributed by atoms with Crippen molar-refractivity contribution in [2.45, 2.75) is 38.4 Å². The number of carbonyl (C=O) groups is 1. The lowest BCUT2D eigenvalue weighted by molar-refractivity contribution is -0.339. The monoisotopic (exact) mass is 306 g/mol. The van der Waals surface area contributed by atoms with Gasteiger partial charge < -0.3 is 0 Å². The predicted molar refractivity (Wildman–Crippen MR) is 52.9 cm³/mol. The molecule has 0 N–H and O–H groups in total. The topological polar surface area (TPSA) is 34.9 Å². The van der Waals surface area contributed by atoms with E-state index >= 15 is 0 Å². The molecule has 114 valence electrons. The maximum absolute atomic E-state index is 13.2. The van der Waals surface area contributed by atoms with Crippen LogP contribution in [0.2, 0.25) is 0 Å². The highest BCUT2D eigenvalue weighted by atomic mass is 19.4. The van der Waals surface area contributed by atoms with Gasteiger partial charge in [-0.25, -0.2) is 0 Å². The molecule has 0 spiro atoms. The van der Waals surface area contributed by atoms with Crippen LogP contribution in [0.1, 0.15) is 23.0 Å². The van der Waals surface area contributed by atoms with Gasteiger partial charge in [-0.2, -0.15) is 35.8 Å². The van der Waals surface area contributed by atoms with Gasteiger partial charge in [-0.15, -0.1) is 0 Å². The minimum absolute atomic E-state index is 0.134. The third-order valence-electron chi connectivity index (χ3n) is 2.55. The number of nitrogens with zero attached hydrogens (tertiary/aromatic N) is 2. The Morgan fingerprint density at radius 3 is 2.05 bits per heavy atom. The number of halogens is 7. The van der Waals surface area contributed by atoms with Gasteiger partial charge in [0.05, 0.1) is 11.3 Å². The molecule has 0 atom stereocenters. The SMILES string of the molecule is CCn1cc(C(=O)C(F)(F)C(F)(F)C(F)(F)F)c(C)n1. The van der Waals surface area contributed by atoms with E-state index in [4.69, 9.17) is 0 Å². The van der Waals surface area contributed by atoms with Crippen LogP contribution in [0.4, 0.5) is 30.7 Å². The van der Waals surface area contributed by atoms with Gasteiger partial charge in [0.25, 0.3) is 0 Å². The van der Waals surface area contributed by atoms with Crippen molar-refractivity contribution >= 4 is 5.78 Å². The molecule has 3 nitrogen and oxygen atoms in total. The third-order valence-corrected chi connectivity index (χ3v) is 2.55. The second-order valence-electron chi connectivity index (χ2n) is 3.96. The van der Waals surface area contributed by atoms with Crippen molar-refractivity contribution in [3.05, 3.63) is 17.5 Å². The first-order valence-electron chi connectivity index (χ1n) is 5.27. The molecule has 0 aliphatic heterocycles. The summed E-state index contributed by atoms with van der Waals surface area (Å²) < 4.78 is 88.8. The van der Waals surface area contributed by atoms with Crippen molar-refractivity contribution in [3.8, 4) is 0 Å². The van der Waals surface area contributed by atoms with Gasteiger partial charge in [-0.1, -0.05) is 0 Å². The number of rotatable bonds is 4. The molecule has 10 heteroatoms. The standard InChI is InChI=1S/C10H9F7N2O/c1-3-19-4-6(5(2)18-19)7(20)8(11,12)9(13,14)10(15,16)17/h4H,3H2,1-2H3. The van der Waals surface area contributed by atoms with Gasteiger partial charge >= 0.3 is 18.0 Å². The fraction of sp³-hybridized carbons (Fsp3) is 0.600. The first-order valence-corrected chi connectivity index (χ1v) is 5.27. The number of Topliss-reactive ketones (excluding diaryl/α,β-unsaturated/α-hetero) is 1. The third kappa shape index (κ3) is 2.38. The van der Waals surface area contributed by atoms with Crippen LogP contribution >= 0.6 is 0 Å². The maximum atomic E-state index is 13.2. The summed E-state index contributed by atoms with van der Waals surface area (Å²) in [7, 11) is 0. The Bertz CT molecular complexity index is 518. The Balaban J connectivity index is 3.28. The van der Waals surface area contributed by atoms with Crippen LogP contribution in [0.15, 0.2) is 6.20 Å². The summed E-state index contributed by atoms with van der Waals surface area (Å²) in [5.41, 5.74) is -1.32. The summed E-state index contributed by atoms with van der Waals surface area (Å²) in [4.78, 5) is 11.3. The summed E-state index contributed by atoms with van der Waals surface area (Å²) in [6, 6.07) is 0. The average molecular weight is 306 g/mol. The molecule has 1 aromatic rings. The summed E-state index contributed by atoms with van der Waals surface area (Å²) >= 11 is 0. The molecule has 0 radical (unpaired) electrons. The molecule has 1 rings (SSSR count). The minimum atomic E-state index is -6.54. The molecular weight excluding hydrogens is 297 g/mol. The van der Waals surface area contributed by atoms with Crippen LogP contribution in [-0.4, -0.2) is 33.6 Å². The van der Waals surface area contributed by atoms with Crippen LogP contribution < -0.4 is 0 Å². The zero-order valence-corrected chi connectivity index (χ0v) is 10.2. The normalized spacial score (nSPS) is 13.7. The van der Waals surface area contributed by atoms with Crippen LogP contribution in [0.3, 0.4) is 0 Å². The van der Waals surface area contributed by atoms with E-state index in [1.54, 1.807) is 0 Å². The zero-order chi connectivity index (χ0) is 15.9. The molecule has 0 amide bonds. The van der Waals surface area contributed by atoms with Crippen molar-refractivity contribution in [2.75, 3.05) is 0 Å². The molecule has 0 fully saturated rings. The van der Waals surface area contributed by atoms with E-state index in [0.29, 0.717) is 6.20 Å². The van der Waals surface area contributed by atoms with Crippen molar-refractivity contribution in [1.82, 2.24) is 9.78 Å². The Morgan fingerprint density at radius 1 is 1.20 bits per heavy atom. The second-order valence-corrected chi connectivity index (χ2v) is 3.96. The molecule has 0 aromatic carbocycles. The fourth-order valence-corrected chi connectivity index (χ4v) is 1.39. The van der Waals surface area contributed by atoms with Crippen molar-refractivity contribution in [2.24, 2.45) is 0 Å². The first-order chi connectivity index (χ1) is 8.86. The van der Waals surface area contributed by atoms with E-state index in [9.17, 15) is 35.5 Å². The van der Waals surface area contributed by atoms with E-state index in [1.165, 1.54) is 6.92 Å². The summed E-state index contributed by atoms with van der Waals surface area (Å²) in [6.07, 6.45) is -5.83. The zero-order valence-electron chi connectivity index (χ0n) is 10.2. The number of hydrogen-bond donors (Lipinski definition) is 0. The average Bonchev–Trinajstić information content (AvgIpc) is 2.67. The highest BCUT2D eigenvalue weighted by Crippen LogP contribution is 2.47. The molecule has 0 aliphatic carbocycles. The molecule has 0 aliphatic rings. The number of aryl methyl sites for hydroxylation is 2. The number of alkyl halides is 7. The molecule has 20 heavy (non-hydrogen) atoms. The molecule has 1 aromatic heterocycles. The van der Waals surface area contributed by atoms with Crippen molar-refractivity contribution in [1.29, 1.82) is 0 Å². The van der Waals surface area contributed by atoms with Crippen LogP contribution in [0.25, 0.3) is 0 Å². The van der Waals surface area contributed by atoms with E-state index < -0.39 is 29.4 Å². The molecular formula is C10H9F7N2O. The van der Waals surface area contributed by atoms with Crippen LogP contribution in [-0.2, 0) is 6.54 Å². The van der Waals surface area contributed by atoms with E-state index in [0.717, 1.165) is 11.6 Å². The Kier molecular flexibility index (Phi) is 3.90. The highest BCUT2D eigenvalue weighted by Gasteiger charge is 2.76. The lowest BCUT2D eigenvalue weighted by Gasteiger charge is -2.26. The lowest BCUT2D eigenvalue weighted by atomic mass is 10.0. The van der Waals surface area contributed by atoms with Gasteiger partial charge in [0, 0.05) is 12.7 Å². The number of hydrogen-bond acceptors (Lipinski definition) is 2. The minimum Gasteiger partial charge on any atom is -0.287 e. The van der Waals surface area contributed by atoms with Crippen LogP contribution in [0.5, 0.6) is 0 Å². The largest absolute Gasteiger partial charge is 0.460 e. The van der Waals surface area contributed by atoms with Gasteiger partial charge in [0.15, 0.2) is 0 Å². The highest BCUT2D eigenvalue weighted by molar-refractivity contribution is 6.02. The number of ketones is 1. The number of carbonyl (C=O) groups excluding carboxylic acids is 1. The molecule has 0 saturated heterocycles. The van der Waals surface area contributed by atoms with Crippen molar-refractivity contribution in [3.63, 3.8) is 0 Å². The second kappa shape index (κ2) is 4.74. The van der Waals surface area contributed by atoms with Gasteiger partial charge in [0.2, 0.25) is 5.78 Å². The first kappa shape index (κ1) is 16.4. The van der Waals surface area contributed by atoms with Gasteiger partial charge in [0.1, 0.15) is 0 Å². The smallest absolute Gasteiger partial charge is 0.287 e. The molecule has 0 saturated carbocycles. The molecule has 0 bridgehead atoms. The van der Waals surface area contributed by atoms with Gasteiger partial charge in [-0.3, -0.25) is 9.48 Å². The van der Waals surface area contributed by atoms with Gasteiger partial charge in [-0.05, 0) is 13.8 Å². The summed E-state index contributed by atoms with van der Waals surface area (Å²) in [5, 5.41) is 3.54. The van der Waals surface area contributed by atoms with E-state index in [1.807, 2.05) is 0 Å². The maximum Gasteiger partial charge on any atom is 0.460 e. The Hall–Kier alpha value is -1.61. The fourth-order valence-electron chi connectivity index (χ4n) is 1.39. The quantitative estimate of drug-likeness (QED) is 0.632. The Labute approximate surface area is 108 Å². The lowest BCUT2D eigenvalue weighted by Crippen LogP contribution is -2.56. The molecule has 0 unspecified atom stereocenters. The predicted octanol–water partition coefficient (Wildman–Crippen LogP) is 3.23. The van der Waals surface area contributed by atoms with E-state index in [-0.39, 0.29) is 12.2 Å². The molecule has 1 heterocycles. The van der Waals surface area contributed by atoms with E-state index in [2.05, 4.69) is 5.10 Å².